The summed E-state index contributed by atoms with van der Waals surface area (Å²) in [7, 11) is 0. The van der Waals surface area contributed by atoms with E-state index in [9.17, 15) is 5.11 Å². The van der Waals surface area contributed by atoms with Crippen LogP contribution in [0.4, 0.5) is 0 Å². The second-order valence-electron chi connectivity index (χ2n) is 5.29. The molecule has 0 aromatic heterocycles. The Kier molecular flexibility index (Phi) is 2.86. The highest BCUT2D eigenvalue weighted by atomic mass is 16.3. The van der Waals surface area contributed by atoms with Crippen LogP contribution in [0, 0.1) is 6.92 Å². The third-order valence-electron chi connectivity index (χ3n) is 3.47. The van der Waals surface area contributed by atoms with E-state index in [1.54, 1.807) is 0 Å². The number of rotatable bonds is 2. The summed E-state index contributed by atoms with van der Waals surface area (Å²) in [6.45, 7) is 12.3. The van der Waals surface area contributed by atoms with Crippen LogP contribution in [0.1, 0.15) is 54.9 Å². The van der Waals surface area contributed by atoms with Crippen molar-refractivity contribution in [2.45, 2.75) is 39.5 Å². The molecule has 0 saturated carbocycles. The molecule has 2 rings (SSSR count). The summed E-state index contributed by atoms with van der Waals surface area (Å²) in [4.78, 5) is 0. The maximum Gasteiger partial charge on any atom is 0.0964 e. The summed E-state index contributed by atoms with van der Waals surface area (Å²) in [5.41, 5.74) is 6.40. The van der Waals surface area contributed by atoms with Crippen LogP contribution in [0.25, 0.3) is 5.57 Å². The summed E-state index contributed by atoms with van der Waals surface area (Å²) in [5.74, 6) is 0.712. The standard InChI is InChI=1S/C16H20O/c1-9(2)13-6-10(3)7-15-14(12(5)17)8-11(4)16(13)15/h6-9,14,17H,5H2,1-4H3. The summed E-state index contributed by atoms with van der Waals surface area (Å²) >= 11 is 0. The molecule has 1 aromatic rings. The van der Waals surface area contributed by atoms with Gasteiger partial charge in [0.15, 0.2) is 0 Å². The zero-order valence-corrected chi connectivity index (χ0v) is 11.0. The van der Waals surface area contributed by atoms with Crippen molar-refractivity contribution in [3.8, 4) is 0 Å². The first-order chi connectivity index (χ1) is 7.91. The van der Waals surface area contributed by atoms with Gasteiger partial charge in [-0.2, -0.15) is 0 Å². The van der Waals surface area contributed by atoms with Crippen LogP contribution in [-0.2, 0) is 0 Å². The van der Waals surface area contributed by atoms with Gasteiger partial charge in [0.1, 0.15) is 0 Å². The van der Waals surface area contributed by atoms with Gasteiger partial charge in [-0.3, -0.25) is 0 Å². The average molecular weight is 228 g/mol. The lowest BCUT2D eigenvalue weighted by atomic mass is 9.88. The quantitative estimate of drug-likeness (QED) is 0.728. The number of fused-ring (bicyclic) bond motifs is 1. The van der Waals surface area contributed by atoms with Gasteiger partial charge in [0.2, 0.25) is 0 Å². The van der Waals surface area contributed by atoms with Crippen LogP contribution in [-0.4, -0.2) is 5.11 Å². The Balaban J connectivity index is 2.68. The average Bonchev–Trinajstić information content (AvgIpc) is 2.54. The third kappa shape index (κ3) is 1.90. The van der Waals surface area contributed by atoms with Crippen molar-refractivity contribution in [2.75, 3.05) is 0 Å². The summed E-state index contributed by atoms with van der Waals surface area (Å²) < 4.78 is 0. The van der Waals surface area contributed by atoms with E-state index < -0.39 is 0 Å². The fraction of sp³-hybridized carbons (Fsp3) is 0.375. The molecule has 0 saturated heterocycles. The SMILES string of the molecule is C=C(O)C1C=C(C)c2c(C(C)C)cc(C)cc21. The van der Waals surface area contributed by atoms with E-state index in [4.69, 9.17) is 0 Å². The fourth-order valence-electron chi connectivity index (χ4n) is 2.70. The molecule has 1 N–H and O–H groups in total. The molecule has 0 amide bonds. The van der Waals surface area contributed by atoms with Crippen LogP contribution in [0.2, 0.25) is 0 Å². The fourth-order valence-corrected chi connectivity index (χ4v) is 2.70. The Morgan fingerprint density at radius 2 is 1.94 bits per heavy atom. The number of aliphatic hydroxyl groups excluding tert-OH is 1. The second kappa shape index (κ2) is 4.06. The molecule has 0 bridgehead atoms. The van der Waals surface area contributed by atoms with Crippen LogP contribution in [0.5, 0.6) is 0 Å². The Bertz CT molecular complexity index is 507. The Morgan fingerprint density at radius 3 is 2.47 bits per heavy atom. The molecule has 1 aliphatic carbocycles. The first-order valence-electron chi connectivity index (χ1n) is 6.12. The predicted octanol–water partition coefficient (Wildman–Crippen LogP) is 4.69. The first kappa shape index (κ1) is 12.0. The number of aliphatic hydroxyl groups is 1. The lowest BCUT2D eigenvalue weighted by Crippen LogP contribution is -2.01. The van der Waals surface area contributed by atoms with Crippen molar-refractivity contribution in [3.63, 3.8) is 0 Å². The largest absolute Gasteiger partial charge is 0.512 e. The zero-order chi connectivity index (χ0) is 12.7. The molecule has 1 atom stereocenters. The van der Waals surface area contributed by atoms with Crippen molar-refractivity contribution < 1.29 is 5.11 Å². The molecule has 1 unspecified atom stereocenters. The van der Waals surface area contributed by atoms with E-state index >= 15 is 0 Å². The lowest BCUT2D eigenvalue weighted by Gasteiger charge is -2.17. The Hall–Kier alpha value is -1.50. The number of benzene rings is 1. The minimum absolute atomic E-state index is 0.0256. The molecule has 0 radical (unpaired) electrons. The summed E-state index contributed by atoms with van der Waals surface area (Å²) in [5, 5.41) is 9.70. The van der Waals surface area contributed by atoms with Crippen molar-refractivity contribution in [3.05, 3.63) is 52.8 Å². The minimum Gasteiger partial charge on any atom is -0.512 e. The van der Waals surface area contributed by atoms with Gasteiger partial charge in [-0.05, 0) is 42.0 Å². The highest BCUT2D eigenvalue weighted by molar-refractivity contribution is 5.77. The van der Waals surface area contributed by atoms with Crippen molar-refractivity contribution in [1.82, 2.24) is 0 Å². The van der Waals surface area contributed by atoms with E-state index in [1.165, 1.54) is 27.8 Å². The van der Waals surface area contributed by atoms with Crippen LogP contribution >= 0.6 is 0 Å². The topological polar surface area (TPSA) is 20.2 Å². The molecular weight excluding hydrogens is 208 g/mol. The second-order valence-corrected chi connectivity index (χ2v) is 5.29. The van der Waals surface area contributed by atoms with Crippen LogP contribution < -0.4 is 0 Å². The summed E-state index contributed by atoms with van der Waals surface area (Å²) in [6, 6.07) is 4.42. The molecule has 1 nitrogen and oxygen atoms in total. The van der Waals surface area contributed by atoms with Crippen molar-refractivity contribution in [2.24, 2.45) is 0 Å². The molecule has 17 heavy (non-hydrogen) atoms. The lowest BCUT2D eigenvalue weighted by molar-refractivity contribution is 0.388. The maximum absolute atomic E-state index is 9.70. The molecule has 1 heteroatoms. The molecule has 1 aromatic carbocycles. The van der Waals surface area contributed by atoms with Gasteiger partial charge in [0.25, 0.3) is 0 Å². The van der Waals surface area contributed by atoms with Gasteiger partial charge < -0.3 is 5.11 Å². The third-order valence-corrected chi connectivity index (χ3v) is 3.47. The van der Waals surface area contributed by atoms with E-state index in [0.29, 0.717) is 5.92 Å². The number of hydrogen-bond acceptors (Lipinski definition) is 1. The maximum atomic E-state index is 9.70. The van der Waals surface area contributed by atoms with Crippen LogP contribution in [0.3, 0.4) is 0 Å². The molecule has 1 aliphatic rings. The number of hydrogen-bond donors (Lipinski definition) is 1. The smallest absolute Gasteiger partial charge is 0.0964 e. The highest BCUT2D eigenvalue weighted by Gasteiger charge is 2.26. The monoisotopic (exact) mass is 228 g/mol. The van der Waals surface area contributed by atoms with Gasteiger partial charge in [0.05, 0.1) is 11.7 Å². The summed E-state index contributed by atoms with van der Waals surface area (Å²) in [6.07, 6.45) is 2.11. The van der Waals surface area contributed by atoms with Crippen molar-refractivity contribution in [1.29, 1.82) is 0 Å². The van der Waals surface area contributed by atoms with E-state index in [0.717, 1.165) is 0 Å². The van der Waals surface area contributed by atoms with Gasteiger partial charge in [-0.25, -0.2) is 0 Å². The number of aryl methyl sites for hydroxylation is 1. The Labute approximate surface area is 103 Å². The zero-order valence-electron chi connectivity index (χ0n) is 11.0. The molecule has 0 spiro atoms. The highest BCUT2D eigenvalue weighted by Crippen LogP contribution is 2.42. The molecule has 0 heterocycles. The molecular formula is C16H20O. The normalized spacial score (nSPS) is 18.2. The van der Waals surface area contributed by atoms with E-state index in [2.05, 4.69) is 52.5 Å². The van der Waals surface area contributed by atoms with Gasteiger partial charge >= 0.3 is 0 Å². The van der Waals surface area contributed by atoms with Crippen molar-refractivity contribution >= 4 is 5.57 Å². The van der Waals surface area contributed by atoms with Gasteiger partial charge in [-0.15, -0.1) is 0 Å². The number of allylic oxidation sites excluding steroid dienone is 2. The molecule has 0 aliphatic heterocycles. The van der Waals surface area contributed by atoms with Gasteiger partial charge in [-0.1, -0.05) is 44.2 Å². The van der Waals surface area contributed by atoms with Crippen LogP contribution in [0.15, 0.2) is 30.5 Å². The first-order valence-corrected chi connectivity index (χ1v) is 6.12. The Morgan fingerprint density at radius 1 is 1.29 bits per heavy atom. The molecule has 0 fully saturated rings. The van der Waals surface area contributed by atoms with E-state index in [-0.39, 0.29) is 11.7 Å². The minimum atomic E-state index is -0.0256. The van der Waals surface area contributed by atoms with Gasteiger partial charge in [0, 0.05) is 0 Å². The van der Waals surface area contributed by atoms with E-state index in [1.807, 2.05) is 0 Å². The molecule has 90 valence electrons. The predicted molar refractivity (Wildman–Crippen MR) is 73.4 cm³/mol.